The number of nitrogens with zero attached hydrogens (tertiary/aromatic N) is 2. The summed E-state index contributed by atoms with van der Waals surface area (Å²) in [5.74, 6) is 0.835. The Morgan fingerprint density at radius 1 is 1.50 bits per heavy atom. The third-order valence-electron chi connectivity index (χ3n) is 2.21. The highest BCUT2D eigenvalue weighted by molar-refractivity contribution is 5.94. The maximum atomic E-state index is 12.0. The van der Waals surface area contributed by atoms with E-state index in [2.05, 4.69) is 18.8 Å². The number of carbonyl (C=O) groups excluding carboxylic acids is 1. The fourth-order valence-electron chi connectivity index (χ4n) is 1.67. The Kier molecular flexibility index (Phi) is 3.88. The number of pyridine rings is 1. The molecule has 0 saturated carbocycles. The van der Waals surface area contributed by atoms with Gasteiger partial charge in [-0.25, -0.2) is 4.98 Å². The summed E-state index contributed by atoms with van der Waals surface area (Å²) in [7, 11) is 1.80. The van der Waals surface area contributed by atoms with Gasteiger partial charge in [-0.15, -0.1) is 0 Å². The van der Waals surface area contributed by atoms with Crippen molar-refractivity contribution in [1.82, 2.24) is 9.88 Å². The van der Waals surface area contributed by atoms with E-state index in [9.17, 15) is 4.79 Å². The number of hydrogen-bond acceptors (Lipinski definition) is 3. The Bertz CT molecular complexity index is 368. The zero-order valence-electron chi connectivity index (χ0n) is 10.3. The van der Waals surface area contributed by atoms with Crippen LogP contribution in [-0.2, 0) is 0 Å². The molecule has 0 aliphatic rings. The lowest BCUT2D eigenvalue weighted by molar-refractivity contribution is 0.0779. The van der Waals surface area contributed by atoms with Crippen molar-refractivity contribution in [3.8, 4) is 0 Å². The van der Waals surface area contributed by atoms with Crippen LogP contribution >= 0.6 is 0 Å². The second-order valence-electron chi connectivity index (χ2n) is 4.50. The summed E-state index contributed by atoms with van der Waals surface area (Å²) in [5.41, 5.74) is 6.99. The summed E-state index contributed by atoms with van der Waals surface area (Å²) in [6.07, 6.45) is 0. The van der Waals surface area contributed by atoms with E-state index in [-0.39, 0.29) is 5.91 Å². The molecular formula is C12H19N3O. The van der Waals surface area contributed by atoms with Crippen molar-refractivity contribution < 1.29 is 4.79 Å². The number of nitrogen functional groups attached to an aromatic ring is 1. The van der Waals surface area contributed by atoms with Gasteiger partial charge in [-0.3, -0.25) is 4.79 Å². The molecule has 1 amide bonds. The molecule has 0 spiro atoms. The van der Waals surface area contributed by atoms with Crippen molar-refractivity contribution in [3.05, 3.63) is 23.4 Å². The number of anilines is 1. The maximum Gasteiger partial charge on any atom is 0.253 e. The number of amides is 1. The van der Waals surface area contributed by atoms with Gasteiger partial charge < -0.3 is 10.6 Å². The van der Waals surface area contributed by atoms with Crippen LogP contribution < -0.4 is 5.73 Å². The first-order valence-electron chi connectivity index (χ1n) is 5.39. The van der Waals surface area contributed by atoms with Gasteiger partial charge in [0.05, 0.1) is 0 Å². The predicted octanol–water partition coefficient (Wildman–Crippen LogP) is 1.70. The molecule has 0 atom stereocenters. The van der Waals surface area contributed by atoms with Crippen molar-refractivity contribution >= 4 is 11.7 Å². The van der Waals surface area contributed by atoms with E-state index in [0.717, 1.165) is 12.2 Å². The smallest absolute Gasteiger partial charge is 0.253 e. The molecule has 1 heterocycles. The Hall–Kier alpha value is -1.58. The molecule has 1 aromatic heterocycles. The summed E-state index contributed by atoms with van der Waals surface area (Å²) in [6.45, 7) is 6.72. The van der Waals surface area contributed by atoms with E-state index < -0.39 is 0 Å². The number of nitrogens with two attached hydrogens (primary N) is 1. The lowest BCUT2D eigenvalue weighted by Gasteiger charge is -2.19. The van der Waals surface area contributed by atoms with Crippen LogP contribution in [-0.4, -0.2) is 29.4 Å². The van der Waals surface area contributed by atoms with E-state index in [4.69, 9.17) is 5.73 Å². The van der Waals surface area contributed by atoms with Gasteiger partial charge in [0.1, 0.15) is 5.82 Å². The van der Waals surface area contributed by atoms with Crippen molar-refractivity contribution in [2.45, 2.75) is 20.8 Å². The first-order chi connectivity index (χ1) is 7.40. The molecule has 4 heteroatoms. The molecule has 0 aliphatic heterocycles. The van der Waals surface area contributed by atoms with E-state index in [1.54, 1.807) is 24.1 Å². The summed E-state index contributed by atoms with van der Waals surface area (Å²) < 4.78 is 0. The van der Waals surface area contributed by atoms with Crippen molar-refractivity contribution in [2.24, 2.45) is 5.92 Å². The number of hydrogen-bond donors (Lipinski definition) is 1. The minimum absolute atomic E-state index is 0.00843. The number of rotatable bonds is 3. The summed E-state index contributed by atoms with van der Waals surface area (Å²) in [6, 6.07) is 3.38. The highest BCUT2D eigenvalue weighted by Crippen LogP contribution is 2.10. The molecule has 0 aliphatic carbocycles. The van der Waals surface area contributed by atoms with Gasteiger partial charge >= 0.3 is 0 Å². The van der Waals surface area contributed by atoms with Crippen LogP contribution in [0.15, 0.2) is 12.1 Å². The van der Waals surface area contributed by atoms with Gasteiger partial charge in [-0.05, 0) is 25.0 Å². The first-order valence-corrected chi connectivity index (χ1v) is 5.39. The molecule has 0 radical (unpaired) electrons. The summed E-state index contributed by atoms with van der Waals surface area (Å²) in [4.78, 5) is 17.8. The lowest BCUT2D eigenvalue weighted by Crippen LogP contribution is -2.30. The minimum Gasteiger partial charge on any atom is -0.384 e. The summed E-state index contributed by atoms with van der Waals surface area (Å²) in [5, 5.41) is 0. The average molecular weight is 221 g/mol. The molecule has 0 unspecified atom stereocenters. The molecule has 88 valence electrons. The van der Waals surface area contributed by atoms with Crippen LogP contribution in [0.1, 0.15) is 29.9 Å². The van der Waals surface area contributed by atoms with Gasteiger partial charge in [0.25, 0.3) is 5.91 Å². The first kappa shape index (κ1) is 12.5. The Morgan fingerprint density at radius 3 is 2.62 bits per heavy atom. The molecule has 1 aromatic rings. The second kappa shape index (κ2) is 4.96. The van der Waals surface area contributed by atoms with Gasteiger partial charge in [-0.2, -0.15) is 0 Å². The molecule has 0 bridgehead atoms. The second-order valence-corrected chi connectivity index (χ2v) is 4.50. The monoisotopic (exact) mass is 221 g/mol. The van der Waals surface area contributed by atoms with Crippen LogP contribution in [0.5, 0.6) is 0 Å². The highest BCUT2D eigenvalue weighted by Gasteiger charge is 2.13. The maximum absolute atomic E-state index is 12.0. The van der Waals surface area contributed by atoms with Gasteiger partial charge in [0, 0.05) is 24.8 Å². The number of aryl methyl sites for hydroxylation is 1. The molecular weight excluding hydrogens is 202 g/mol. The highest BCUT2D eigenvalue weighted by atomic mass is 16.2. The SMILES string of the molecule is Cc1cc(C(=O)N(C)CC(C)C)cc(N)n1. The normalized spacial score (nSPS) is 10.6. The van der Waals surface area contributed by atoms with Crippen molar-refractivity contribution in [3.63, 3.8) is 0 Å². The molecule has 16 heavy (non-hydrogen) atoms. The predicted molar refractivity (Wildman–Crippen MR) is 65.2 cm³/mol. The molecule has 4 nitrogen and oxygen atoms in total. The molecule has 0 saturated heterocycles. The van der Waals surface area contributed by atoms with Crippen molar-refractivity contribution in [2.75, 3.05) is 19.3 Å². The molecule has 1 rings (SSSR count). The molecule has 0 aromatic carbocycles. The standard InChI is InChI=1S/C12H19N3O/c1-8(2)7-15(4)12(16)10-5-9(3)14-11(13)6-10/h5-6,8H,7H2,1-4H3,(H2,13,14). The van der Waals surface area contributed by atoms with Crippen LogP contribution in [0.4, 0.5) is 5.82 Å². The Balaban J connectivity index is 2.87. The van der Waals surface area contributed by atoms with Gasteiger partial charge in [0.15, 0.2) is 0 Å². The van der Waals surface area contributed by atoms with Gasteiger partial charge in [-0.1, -0.05) is 13.8 Å². The quantitative estimate of drug-likeness (QED) is 0.845. The van der Waals surface area contributed by atoms with Crippen LogP contribution in [0, 0.1) is 12.8 Å². The minimum atomic E-state index is -0.00843. The third kappa shape index (κ3) is 3.22. The zero-order valence-corrected chi connectivity index (χ0v) is 10.3. The Labute approximate surface area is 96.5 Å². The van der Waals surface area contributed by atoms with E-state index in [1.165, 1.54) is 0 Å². The number of aromatic nitrogens is 1. The Morgan fingerprint density at radius 2 is 2.12 bits per heavy atom. The fraction of sp³-hybridized carbons (Fsp3) is 0.500. The lowest BCUT2D eigenvalue weighted by atomic mass is 10.1. The van der Waals surface area contributed by atoms with E-state index in [1.807, 2.05) is 6.92 Å². The van der Waals surface area contributed by atoms with Crippen LogP contribution in [0.25, 0.3) is 0 Å². The van der Waals surface area contributed by atoms with Gasteiger partial charge in [0.2, 0.25) is 0 Å². The number of carbonyl (C=O) groups is 1. The topological polar surface area (TPSA) is 59.2 Å². The van der Waals surface area contributed by atoms with Crippen molar-refractivity contribution in [1.29, 1.82) is 0 Å². The van der Waals surface area contributed by atoms with E-state index >= 15 is 0 Å². The zero-order chi connectivity index (χ0) is 12.3. The molecule has 2 N–H and O–H groups in total. The average Bonchev–Trinajstić information content (AvgIpc) is 2.13. The summed E-state index contributed by atoms with van der Waals surface area (Å²) >= 11 is 0. The van der Waals surface area contributed by atoms with E-state index in [0.29, 0.717) is 17.3 Å². The van der Waals surface area contributed by atoms with Crippen LogP contribution in [0.3, 0.4) is 0 Å². The largest absolute Gasteiger partial charge is 0.384 e. The third-order valence-corrected chi connectivity index (χ3v) is 2.21. The van der Waals surface area contributed by atoms with Crippen LogP contribution in [0.2, 0.25) is 0 Å². The fourth-order valence-corrected chi connectivity index (χ4v) is 1.67. The molecule has 0 fully saturated rings.